The van der Waals surface area contributed by atoms with Crippen molar-refractivity contribution in [3.63, 3.8) is 0 Å². The zero-order valence-electron chi connectivity index (χ0n) is 8.96. The van der Waals surface area contributed by atoms with E-state index < -0.39 is 0 Å². The van der Waals surface area contributed by atoms with Crippen LogP contribution in [0.1, 0.15) is 32.8 Å². The Bertz CT molecular complexity index is 223. The highest BCUT2D eigenvalue weighted by Gasteiger charge is 2.10. The van der Waals surface area contributed by atoms with Crippen LogP contribution in [0.25, 0.3) is 0 Å². The highest BCUT2D eigenvalue weighted by Crippen LogP contribution is 2.19. The molecule has 1 aromatic carbocycles. The molecule has 0 N–H and O–H groups in total. The van der Waals surface area contributed by atoms with Crippen LogP contribution in [-0.4, -0.2) is 0 Å². The summed E-state index contributed by atoms with van der Waals surface area (Å²) in [5.74, 6) is 1.63. The lowest BCUT2D eigenvalue weighted by Gasteiger charge is -2.18. The summed E-state index contributed by atoms with van der Waals surface area (Å²) in [6.45, 7) is 6.92. The quantitative estimate of drug-likeness (QED) is 0.652. The van der Waals surface area contributed by atoms with Gasteiger partial charge in [0.25, 0.3) is 0 Å². The number of hydrogen-bond acceptors (Lipinski definition) is 0. The largest absolute Gasteiger partial charge is 0.0651 e. The van der Waals surface area contributed by atoms with E-state index in [1.165, 1.54) is 18.4 Å². The minimum absolute atomic E-state index is 0.796. The molecule has 0 fully saturated rings. The number of rotatable bonds is 4. The van der Waals surface area contributed by atoms with Crippen molar-refractivity contribution in [2.75, 3.05) is 0 Å². The molecule has 1 aromatic rings. The fourth-order valence-electron chi connectivity index (χ4n) is 1.77. The van der Waals surface area contributed by atoms with Crippen molar-refractivity contribution < 1.29 is 0 Å². The second-order valence-electron chi connectivity index (χ2n) is 4.10. The molecule has 0 unspecified atom stereocenters. The van der Waals surface area contributed by atoms with Gasteiger partial charge in [-0.05, 0) is 23.8 Å². The Balaban J connectivity index is 2.57. The lowest BCUT2D eigenvalue weighted by Crippen LogP contribution is -2.10. The predicted molar refractivity (Wildman–Crippen MR) is 58.8 cm³/mol. The maximum atomic E-state index is 2.32. The molecule has 0 saturated carbocycles. The predicted octanol–water partition coefficient (Wildman–Crippen LogP) is 3.91. The molecule has 0 saturated heterocycles. The van der Waals surface area contributed by atoms with Gasteiger partial charge in [-0.15, -0.1) is 0 Å². The molecule has 0 radical (unpaired) electrons. The van der Waals surface area contributed by atoms with Gasteiger partial charge in [0.15, 0.2) is 0 Å². The summed E-state index contributed by atoms with van der Waals surface area (Å²) in [6.07, 6.45) is 2.52. The molecular weight excluding hydrogens is 156 g/mol. The van der Waals surface area contributed by atoms with Gasteiger partial charge in [0.1, 0.15) is 0 Å². The first-order chi connectivity index (χ1) is 6.24. The van der Waals surface area contributed by atoms with Gasteiger partial charge in [-0.2, -0.15) is 0 Å². The minimum Gasteiger partial charge on any atom is -0.0651 e. The Morgan fingerprint density at radius 3 is 2.15 bits per heavy atom. The molecule has 0 amide bonds. The summed E-state index contributed by atoms with van der Waals surface area (Å²) in [6, 6.07) is 10.8. The van der Waals surface area contributed by atoms with Crippen molar-refractivity contribution in [2.24, 2.45) is 11.8 Å². The van der Waals surface area contributed by atoms with Crippen LogP contribution in [0.5, 0.6) is 0 Å². The SMILES string of the molecule is CC[C@H](Cc1ccccc1)C(C)C. The van der Waals surface area contributed by atoms with E-state index in [-0.39, 0.29) is 0 Å². The van der Waals surface area contributed by atoms with Crippen LogP contribution < -0.4 is 0 Å². The topological polar surface area (TPSA) is 0 Å². The third kappa shape index (κ3) is 3.22. The molecule has 0 aliphatic carbocycles. The van der Waals surface area contributed by atoms with Crippen LogP contribution in [-0.2, 0) is 6.42 Å². The van der Waals surface area contributed by atoms with Crippen LogP contribution in [0.3, 0.4) is 0 Å². The van der Waals surface area contributed by atoms with Crippen LogP contribution in [0.4, 0.5) is 0 Å². The average Bonchev–Trinajstić information content (AvgIpc) is 2.15. The van der Waals surface area contributed by atoms with Crippen molar-refractivity contribution in [3.8, 4) is 0 Å². The number of benzene rings is 1. The second kappa shape index (κ2) is 5.06. The molecule has 0 nitrogen and oxygen atoms in total. The Morgan fingerprint density at radius 2 is 1.69 bits per heavy atom. The molecule has 0 aliphatic heterocycles. The minimum atomic E-state index is 0.796. The van der Waals surface area contributed by atoms with E-state index in [0.717, 1.165) is 11.8 Å². The summed E-state index contributed by atoms with van der Waals surface area (Å²) in [7, 11) is 0. The smallest absolute Gasteiger partial charge is 0.0248 e. The van der Waals surface area contributed by atoms with Gasteiger partial charge >= 0.3 is 0 Å². The first-order valence-corrected chi connectivity index (χ1v) is 5.28. The Kier molecular flexibility index (Phi) is 4.01. The van der Waals surface area contributed by atoms with E-state index in [4.69, 9.17) is 0 Å². The summed E-state index contributed by atoms with van der Waals surface area (Å²) < 4.78 is 0. The normalized spacial score (nSPS) is 13.2. The molecule has 1 rings (SSSR count). The first kappa shape index (κ1) is 10.3. The third-order valence-electron chi connectivity index (χ3n) is 2.81. The number of hydrogen-bond donors (Lipinski definition) is 0. The van der Waals surface area contributed by atoms with E-state index in [0.29, 0.717) is 0 Å². The Morgan fingerprint density at radius 1 is 1.08 bits per heavy atom. The molecule has 1 atom stereocenters. The summed E-state index contributed by atoms with van der Waals surface area (Å²) in [5.41, 5.74) is 1.48. The van der Waals surface area contributed by atoms with Crippen molar-refractivity contribution in [1.29, 1.82) is 0 Å². The van der Waals surface area contributed by atoms with Crippen LogP contribution >= 0.6 is 0 Å². The van der Waals surface area contributed by atoms with Crippen molar-refractivity contribution in [2.45, 2.75) is 33.6 Å². The highest BCUT2D eigenvalue weighted by atomic mass is 14.2. The molecule has 0 aromatic heterocycles. The van der Waals surface area contributed by atoms with Crippen molar-refractivity contribution >= 4 is 0 Å². The molecule has 0 bridgehead atoms. The fraction of sp³-hybridized carbons (Fsp3) is 0.538. The van der Waals surface area contributed by atoms with E-state index in [9.17, 15) is 0 Å². The van der Waals surface area contributed by atoms with Gasteiger partial charge in [0.2, 0.25) is 0 Å². The van der Waals surface area contributed by atoms with Gasteiger partial charge in [0, 0.05) is 0 Å². The van der Waals surface area contributed by atoms with E-state index in [1.807, 2.05) is 0 Å². The molecule has 0 aliphatic rings. The van der Waals surface area contributed by atoms with Gasteiger partial charge < -0.3 is 0 Å². The first-order valence-electron chi connectivity index (χ1n) is 5.28. The van der Waals surface area contributed by atoms with Crippen LogP contribution in [0, 0.1) is 11.8 Å². The monoisotopic (exact) mass is 176 g/mol. The van der Waals surface area contributed by atoms with Crippen molar-refractivity contribution in [1.82, 2.24) is 0 Å². The molecular formula is C13H20. The molecule has 0 heterocycles. The third-order valence-corrected chi connectivity index (χ3v) is 2.81. The maximum Gasteiger partial charge on any atom is -0.0248 e. The standard InChI is InChI=1S/C13H20/c1-4-13(11(2)3)10-12-8-6-5-7-9-12/h5-9,11,13H,4,10H2,1-3H3/t13-/m1/s1. The van der Waals surface area contributed by atoms with E-state index in [1.54, 1.807) is 0 Å². The van der Waals surface area contributed by atoms with Gasteiger partial charge in [-0.25, -0.2) is 0 Å². The second-order valence-corrected chi connectivity index (χ2v) is 4.10. The van der Waals surface area contributed by atoms with Crippen molar-refractivity contribution in [3.05, 3.63) is 35.9 Å². The van der Waals surface area contributed by atoms with Crippen LogP contribution in [0.15, 0.2) is 30.3 Å². The van der Waals surface area contributed by atoms with Gasteiger partial charge in [0.05, 0.1) is 0 Å². The summed E-state index contributed by atoms with van der Waals surface area (Å²) in [5, 5.41) is 0. The zero-order chi connectivity index (χ0) is 9.68. The lowest BCUT2D eigenvalue weighted by atomic mass is 9.87. The van der Waals surface area contributed by atoms with Gasteiger partial charge in [-0.3, -0.25) is 0 Å². The average molecular weight is 176 g/mol. The fourth-order valence-corrected chi connectivity index (χ4v) is 1.77. The Hall–Kier alpha value is -0.780. The maximum absolute atomic E-state index is 2.32. The van der Waals surface area contributed by atoms with E-state index in [2.05, 4.69) is 51.1 Å². The summed E-state index contributed by atoms with van der Waals surface area (Å²) >= 11 is 0. The molecule has 13 heavy (non-hydrogen) atoms. The van der Waals surface area contributed by atoms with E-state index >= 15 is 0 Å². The zero-order valence-corrected chi connectivity index (χ0v) is 8.96. The van der Waals surface area contributed by atoms with Gasteiger partial charge in [-0.1, -0.05) is 57.5 Å². The molecule has 72 valence electrons. The van der Waals surface area contributed by atoms with Crippen LogP contribution in [0.2, 0.25) is 0 Å². The molecule has 0 spiro atoms. The highest BCUT2D eigenvalue weighted by molar-refractivity contribution is 5.15. The Labute approximate surface area is 82.0 Å². The summed E-state index contributed by atoms with van der Waals surface area (Å²) in [4.78, 5) is 0. The molecule has 0 heteroatoms. The lowest BCUT2D eigenvalue weighted by molar-refractivity contribution is 0.371.